The highest BCUT2D eigenvalue weighted by molar-refractivity contribution is 5.99. The normalized spacial score (nSPS) is 14.9. The number of para-hydroxylation sites is 2. The van der Waals surface area contributed by atoms with Crippen LogP contribution in [0.25, 0.3) is 10.9 Å². The van der Waals surface area contributed by atoms with Crippen molar-refractivity contribution >= 4 is 22.5 Å². The minimum atomic E-state index is -0.0976. The largest absolute Gasteiger partial charge is 0.371 e. The fraction of sp³-hybridized carbons (Fsp3) is 0.273. The average Bonchev–Trinajstić information content (AvgIpc) is 3.08. The second-order valence-corrected chi connectivity index (χ2v) is 6.90. The van der Waals surface area contributed by atoms with Crippen molar-refractivity contribution in [3.8, 4) is 6.07 Å². The van der Waals surface area contributed by atoms with Gasteiger partial charge in [0.15, 0.2) is 0 Å². The van der Waals surface area contributed by atoms with E-state index in [-0.39, 0.29) is 18.5 Å². The van der Waals surface area contributed by atoms with E-state index in [4.69, 9.17) is 5.26 Å². The summed E-state index contributed by atoms with van der Waals surface area (Å²) in [4.78, 5) is 15.2. The molecule has 2 heterocycles. The number of carbonyl (C=O) groups is 1. The molecule has 0 bridgehead atoms. The molecule has 1 aromatic heterocycles. The maximum absolute atomic E-state index is 12.9. The molecule has 5 heteroatoms. The highest BCUT2D eigenvalue weighted by Crippen LogP contribution is 2.22. The molecule has 1 aliphatic rings. The quantitative estimate of drug-likeness (QED) is 0.776. The number of anilines is 1. The molecule has 27 heavy (non-hydrogen) atoms. The third-order valence-electron chi connectivity index (χ3n) is 5.22. The Morgan fingerprint density at radius 3 is 2.52 bits per heavy atom. The monoisotopic (exact) mass is 358 g/mol. The third kappa shape index (κ3) is 3.52. The second kappa shape index (κ2) is 7.55. The van der Waals surface area contributed by atoms with Crippen LogP contribution in [-0.4, -0.2) is 29.6 Å². The van der Waals surface area contributed by atoms with Crippen LogP contribution in [0.4, 0.5) is 5.69 Å². The van der Waals surface area contributed by atoms with E-state index < -0.39 is 0 Å². The Balaban J connectivity index is 1.45. The number of benzene rings is 2. The molecule has 0 unspecified atom stereocenters. The van der Waals surface area contributed by atoms with Crippen molar-refractivity contribution in [1.82, 2.24) is 9.88 Å². The first kappa shape index (κ1) is 17.2. The molecule has 1 saturated heterocycles. The number of hydrogen-bond donors (Lipinski definition) is 1. The molecule has 0 saturated carbocycles. The number of nitrogens with zero attached hydrogens (tertiary/aromatic N) is 3. The smallest absolute Gasteiger partial charge is 0.268 e. The van der Waals surface area contributed by atoms with Gasteiger partial charge in [0, 0.05) is 35.7 Å². The molecule has 1 amide bonds. The van der Waals surface area contributed by atoms with Crippen LogP contribution in [0.5, 0.6) is 0 Å². The van der Waals surface area contributed by atoms with E-state index in [9.17, 15) is 4.79 Å². The number of amides is 1. The Morgan fingerprint density at radius 1 is 1.07 bits per heavy atom. The molecule has 4 rings (SSSR count). The van der Waals surface area contributed by atoms with E-state index in [1.54, 1.807) is 4.57 Å². The molecule has 0 atom stereocenters. The highest BCUT2D eigenvalue weighted by Gasteiger charge is 2.23. The van der Waals surface area contributed by atoms with Gasteiger partial charge in [-0.15, -0.1) is 0 Å². The van der Waals surface area contributed by atoms with Crippen LogP contribution in [-0.2, 0) is 6.54 Å². The number of piperidine rings is 1. The summed E-state index contributed by atoms with van der Waals surface area (Å²) >= 11 is 0. The van der Waals surface area contributed by atoms with Gasteiger partial charge in [-0.05, 0) is 37.1 Å². The molecule has 1 fully saturated rings. The van der Waals surface area contributed by atoms with Gasteiger partial charge in [-0.2, -0.15) is 5.26 Å². The van der Waals surface area contributed by atoms with Crippen molar-refractivity contribution in [3.63, 3.8) is 0 Å². The number of hydrogen-bond acceptors (Lipinski definition) is 3. The van der Waals surface area contributed by atoms with Crippen molar-refractivity contribution in [3.05, 3.63) is 66.4 Å². The van der Waals surface area contributed by atoms with E-state index in [0.717, 1.165) is 36.8 Å². The number of carbonyl (C=O) groups excluding carboxylic acids is 1. The number of rotatable bonds is 4. The van der Waals surface area contributed by atoms with Crippen molar-refractivity contribution in [1.29, 1.82) is 5.26 Å². The molecule has 0 spiro atoms. The topological polar surface area (TPSA) is 61.1 Å². The summed E-state index contributed by atoms with van der Waals surface area (Å²) in [7, 11) is 0. The predicted octanol–water partition coefficient (Wildman–Crippen LogP) is 3.56. The van der Waals surface area contributed by atoms with Crippen LogP contribution >= 0.6 is 0 Å². The number of aromatic nitrogens is 1. The van der Waals surface area contributed by atoms with E-state index in [2.05, 4.69) is 40.6 Å². The summed E-state index contributed by atoms with van der Waals surface area (Å²) in [6, 6.07) is 22.4. The summed E-state index contributed by atoms with van der Waals surface area (Å²) in [5.74, 6) is -0.0976. The third-order valence-corrected chi connectivity index (χ3v) is 5.22. The van der Waals surface area contributed by atoms with Crippen molar-refractivity contribution in [2.75, 3.05) is 18.0 Å². The van der Waals surface area contributed by atoms with E-state index in [1.165, 1.54) is 5.69 Å². The zero-order valence-electron chi connectivity index (χ0n) is 15.1. The molecule has 3 aromatic rings. The summed E-state index contributed by atoms with van der Waals surface area (Å²) in [5, 5.41) is 13.3. The van der Waals surface area contributed by atoms with Gasteiger partial charge in [0.1, 0.15) is 12.2 Å². The van der Waals surface area contributed by atoms with E-state index >= 15 is 0 Å². The lowest BCUT2D eigenvalue weighted by atomic mass is 10.0. The van der Waals surface area contributed by atoms with Gasteiger partial charge in [-0.3, -0.25) is 4.79 Å². The van der Waals surface area contributed by atoms with Gasteiger partial charge in [0.05, 0.1) is 6.07 Å². The first-order chi connectivity index (χ1) is 13.3. The van der Waals surface area contributed by atoms with Crippen LogP contribution in [0, 0.1) is 11.3 Å². The maximum Gasteiger partial charge on any atom is 0.268 e. The lowest BCUT2D eigenvalue weighted by molar-refractivity contribution is 0.0922. The standard InChI is InChI=1S/C22H22N4O/c23-12-15-26-20-9-5-4-6-17(20)16-21(26)22(27)24-18-10-13-25(14-11-18)19-7-2-1-3-8-19/h1-9,16,18H,10-11,13-15H2,(H,24,27). The predicted molar refractivity (Wildman–Crippen MR) is 107 cm³/mol. The summed E-state index contributed by atoms with van der Waals surface area (Å²) < 4.78 is 1.80. The summed E-state index contributed by atoms with van der Waals surface area (Å²) in [5.41, 5.74) is 2.71. The minimum absolute atomic E-state index is 0.0976. The molecule has 2 aromatic carbocycles. The lowest BCUT2D eigenvalue weighted by Gasteiger charge is -2.34. The second-order valence-electron chi connectivity index (χ2n) is 6.90. The Bertz CT molecular complexity index is 978. The fourth-order valence-corrected chi connectivity index (χ4v) is 3.82. The Kier molecular flexibility index (Phi) is 4.80. The molecule has 5 nitrogen and oxygen atoms in total. The van der Waals surface area contributed by atoms with Crippen LogP contribution in [0.1, 0.15) is 23.3 Å². The van der Waals surface area contributed by atoms with Crippen LogP contribution in [0.15, 0.2) is 60.7 Å². The zero-order valence-corrected chi connectivity index (χ0v) is 15.1. The molecule has 0 aliphatic carbocycles. The van der Waals surface area contributed by atoms with E-state index in [1.807, 2.05) is 36.4 Å². The maximum atomic E-state index is 12.9. The minimum Gasteiger partial charge on any atom is -0.371 e. The van der Waals surface area contributed by atoms with Crippen LogP contribution < -0.4 is 10.2 Å². The Labute approximate surface area is 158 Å². The molecular formula is C22H22N4O. The molecule has 0 radical (unpaired) electrons. The van der Waals surface area contributed by atoms with Gasteiger partial charge < -0.3 is 14.8 Å². The molecule has 1 aliphatic heterocycles. The van der Waals surface area contributed by atoms with Gasteiger partial charge in [-0.1, -0.05) is 36.4 Å². The zero-order chi connectivity index (χ0) is 18.6. The van der Waals surface area contributed by atoms with Crippen molar-refractivity contribution in [2.45, 2.75) is 25.4 Å². The van der Waals surface area contributed by atoms with Gasteiger partial charge >= 0.3 is 0 Å². The van der Waals surface area contributed by atoms with Gasteiger partial charge in [0.2, 0.25) is 0 Å². The van der Waals surface area contributed by atoms with Gasteiger partial charge in [0.25, 0.3) is 5.91 Å². The van der Waals surface area contributed by atoms with Crippen molar-refractivity contribution < 1.29 is 4.79 Å². The van der Waals surface area contributed by atoms with E-state index in [0.29, 0.717) is 5.69 Å². The van der Waals surface area contributed by atoms with Crippen LogP contribution in [0.2, 0.25) is 0 Å². The molecule has 1 N–H and O–H groups in total. The first-order valence-corrected chi connectivity index (χ1v) is 9.32. The molecule has 136 valence electrons. The highest BCUT2D eigenvalue weighted by atomic mass is 16.2. The summed E-state index contributed by atoms with van der Waals surface area (Å²) in [6.45, 7) is 2.02. The first-order valence-electron chi connectivity index (χ1n) is 9.32. The molecular weight excluding hydrogens is 336 g/mol. The Morgan fingerprint density at radius 2 is 1.78 bits per heavy atom. The lowest BCUT2D eigenvalue weighted by Crippen LogP contribution is -2.45. The number of nitrogens with one attached hydrogen (secondary N) is 1. The average molecular weight is 358 g/mol. The fourth-order valence-electron chi connectivity index (χ4n) is 3.82. The SMILES string of the molecule is N#CCn1c(C(=O)NC2CCN(c3ccccc3)CC2)cc2ccccc21. The Hall–Kier alpha value is -3.26. The van der Waals surface area contributed by atoms with Crippen molar-refractivity contribution in [2.24, 2.45) is 0 Å². The summed E-state index contributed by atoms with van der Waals surface area (Å²) in [6.07, 6.45) is 1.83. The van der Waals surface area contributed by atoms with Crippen LogP contribution in [0.3, 0.4) is 0 Å². The van der Waals surface area contributed by atoms with Gasteiger partial charge in [-0.25, -0.2) is 0 Å². The number of fused-ring (bicyclic) bond motifs is 1. The number of nitriles is 1.